The van der Waals surface area contributed by atoms with Crippen molar-refractivity contribution in [1.82, 2.24) is 0 Å². The van der Waals surface area contributed by atoms with Crippen LogP contribution in [0.2, 0.25) is 0 Å². The van der Waals surface area contributed by atoms with Crippen LogP contribution in [0.5, 0.6) is 0 Å². The van der Waals surface area contributed by atoms with E-state index in [0.717, 1.165) is 27.5 Å². The van der Waals surface area contributed by atoms with Gasteiger partial charge in [-0.25, -0.2) is 0 Å². The fourth-order valence-corrected chi connectivity index (χ4v) is 4.05. The van der Waals surface area contributed by atoms with Crippen molar-refractivity contribution in [1.29, 1.82) is 0 Å². The Balaban J connectivity index is 2.02. The van der Waals surface area contributed by atoms with Gasteiger partial charge >= 0.3 is 0 Å². The highest BCUT2D eigenvalue weighted by Gasteiger charge is 2.44. The van der Waals surface area contributed by atoms with Gasteiger partial charge in [-0.15, -0.1) is 0 Å². The quantitative estimate of drug-likeness (QED) is 0.385. The second-order valence-corrected chi connectivity index (χ2v) is 6.51. The summed E-state index contributed by atoms with van der Waals surface area (Å²) in [6, 6.07) is 0. The molecular formula is C9H16BI. The van der Waals surface area contributed by atoms with Crippen LogP contribution in [-0.2, 0) is 0 Å². The van der Waals surface area contributed by atoms with Crippen LogP contribution < -0.4 is 0 Å². The molecule has 2 aliphatic carbocycles. The molecule has 5 atom stereocenters. The van der Waals surface area contributed by atoms with Gasteiger partial charge in [-0.1, -0.05) is 29.5 Å². The summed E-state index contributed by atoms with van der Waals surface area (Å²) in [6.45, 7) is 2.44. The maximum Gasteiger partial charge on any atom is 0.118 e. The Morgan fingerprint density at radius 1 is 1.27 bits per heavy atom. The maximum atomic E-state index is 2.61. The fourth-order valence-electron chi connectivity index (χ4n) is 3.17. The van der Waals surface area contributed by atoms with Gasteiger partial charge in [-0.2, -0.15) is 0 Å². The lowest BCUT2D eigenvalue weighted by molar-refractivity contribution is 0.287. The number of rotatable bonds is 1. The van der Waals surface area contributed by atoms with E-state index in [2.05, 4.69) is 37.4 Å². The lowest BCUT2D eigenvalue weighted by Gasteiger charge is -2.27. The highest BCUT2D eigenvalue weighted by molar-refractivity contribution is 14.1. The minimum absolute atomic E-state index is 0.912. The molecule has 2 fully saturated rings. The van der Waals surface area contributed by atoms with E-state index in [1.807, 2.05) is 0 Å². The Kier molecular flexibility index (Phi) is 2.24. The van der Waals surface area contributed by atoms with E-state index in [-0.39, 0.29) is 0 Å². The largest absolute Gasteiger partial charge is 0.118 e. The molecule has 0 aromatic rings. The molecule has 2 aliphatic rings. The van der Waals surface area contributed by atoms with Gasteiger partial charge in [0.05, 0.1) is 0 Å². The highest BCUT2D eigenvalue weighted by atomic mass is 127. The van der Waals surface area contributed by atoms with Crippen LogP contribution in [0.4, 0.5) is 0 Å². The predicted molar refractivity (Wildman–Crippen MR) is 59.8 cm³/mol. The molecule has 11 heavy (non-hydrogen) atoms. The van der Waals surface area contributed by atoms with E-state index in [9.17, 15) is 0 Å². The third-order valence-electron chi connectivity index (χ3n) is 3.86. The molecule has 0 spiro atoms. The third-order valence-corrected chi connectivity index (χ3v) is 4.78. The predicted octanol–water partition coefficient (Wildman–Crippen LogP) is 2.06. The Labute approximate surface area is 84.1 Å². The summed E-state index contributed by atoms with van der Waals surface area (Å²) in [5, 5.41) is 0. The van der Waals surface area contributed by atoms with E-state index in [1.54, 1.807) is 6.42 Å². The second kappa shape index (κ2) is 2.93. The van der Waals surface area contributed by atoms with E-state index >= 15 is 0 Å². The van der Waals surface area contributed by atoms with Gasteiger partial charge in [0, 0.05) is 0 Å². The van der Waals surface area contributed by atoms with E-state index in [4.69, 9.17) is 0 Å². The molecular weight excluding hydrogens is 246 g/mol. The lowest BCUT2D eigenvalue weighted by atomic mass is 9.76. The molecule has 4 unspecified atom stereocenters. The zero-order valence-corrected chi connectivity index (χ0v) is 9.54. The molecule has 0 heterocycles. The van der Waals surface area contributed by atoms with Gasteiger partial charge in [-0.3, -0.25) is 0 Å². The van der Waals surface area contributed by atoms with Crippen molar-refractivity contribution >= 4 is 30.4 Å². The molecule has 0 amide bonds. The van der Waals surface area contributed by atoms with Crippen molar-refractivity contribution in [3.8, 4) is 0 Å². The van der Waals surface area contributed by atoms with Crippen LogP contribution in [-0.4, -0.2) is 11.7 Å². The summed E-state index contributed by atoms with van der Waals surface area (Å²) in [5.41, 5.74) is 0. The van der Waals surface area contributed by atoms with Gasteiger partial charge in [0.2, 0.25) is 0 Å². The topological polar surface area (TPSA) is 0 Å². The molecule has 2 saturated carbocycles. The number of halogens is 1. The van der Waals surface area contributed by atoms with Gasteiger partial charge in [0.1, 0.15) is 7.85 Å². The molecule has 0 aromatic carbocycles. The SMILES string of the molecule is B[C@H](I)C1CC2CC1CC2C. The highest BCUT2D eigenvalue weighted by Crippen LogP contribution is 2.53. The normalized spacial score (nSPS) is 51.5. The standard InChI is InChI=1S/C9H16BI/c1-5-2-7-3-6(5)4-8(7)9(10)11/h5-9H,2-4,10H2,1H3/t5?,6?,7?,8?,9-/m1/s1. The summed E-state index contributed by atoms with van der Waals surface area (Å²) < 4.78 is 0.912. The molecule has 2 rings (SSSR count). The summed E-state index contributed by atoms with van der Waals surface area (Å²) >= 11 is 2.61. The number of alkyl halides is 1. The monoisotopic (exact) mass is 262 g/mol. The van der Waals surface area contributed by atoms with Crippen LogP contribution in [0.25, 0.3) is 0 Å². The Bertz CT molecular complexity index is 156. The molecule has 0 nitrogen and oxygen atoms in total. The average Bonchev–Trinajstić information content (AvgIpc) is 2.43. The first kappa shape index (κ1) is 8.40. The van der Waals surface area contributed by atoms with Gasteiger partial charge in [-0.05, 0) is 46.8 Å². The number of fused-ring (bicyclic) bond motifs is 2. The average molecular weight is 262 g/mol. The first-order valence-corrected chi connectivity index (χ1v) is 6.07. The summed E-state index contributed by atoms with van der Waals surface area (Å²) in [7, 11) is 2.39. The van der Waals surface area contributed by atoms with Crippen molar-refractivity contribution in [2.45, 2.75) is 30.0 Å². The van der Waals surface area contributed by atoms with Crippen LogP contribution in [0.1, 0.15) is 26.2 Å². The van der Waals surface area contributed by atoms with E-state index < -0.39 is 0 Å². The fraction of sp³-hybridized carbons (Fsp3) is 1.00. The molecule has 2 heteroatoms. The number of hydrogen-bond donors (Lipinski definition) is 0. The van der Waals surface area contributed by atoms with Crippen LogP contribution in [0.15, 0.2) is 0 Å². The van der Waals surface area contributed by atoms with Crippen LogP contribution in [0.3, 0.4) is 0 Å². The molecule has 0 radical (unpaired) electrons. The van der Waals surface area contributed by atoms with Crippen molar-refractivity contribution in [3.63, 3.8) is 0 Å². The summed E-state index contributed by atoms with van der Waals surface area (Å²) in [4.78, 5) is 0. The van der Waals surface area contributed by atoms with Gasteiger partial charge < -0.3 is 0 Å². The van der Waals surface area contributed by atoms with Crippen LogP contribution in [0, 0.1) is 23.7 Å². The first-order valence-electron chi connectivity index (χ1n) is 4.82. The van der Waals surface area contributed by atoms with Gasteiger partial charge in [0.25, 0.3) is 0 Å². The zero-order valence-electron chi connectivity index (χ0n) is 7.39. The Morgan fingerprint density at radius 2 is 2.00 bits per heavy atom. The van der Waals surface area contributed by atoms with Crippen molar-refractivity contribution < 1.29 is 0 Å². The van der Waals surface area contributed by atoms with Crippen LogP contribution >= 0.6 is 22.6 Å². The van der Waals surface area contributed by atoms with Crippen molar-refractivity contribution in [2.24, 2.45) is 23.7 Å². The molecule has 0 N–H and O–H groups in total. The lowest BCUT2D eigenvalue weighted by Crippen LogP contribution is -2.23. The van der Waals surface area contributed by atoms with Crippen molar-refractivity contribution in [3.05, 3.63) is 0 Å². The minimum atomic E-state index is 0.912. The zero-order chi connectivity index (χ0) is 8.01. The molecule has 62 valence electrons. The third kappa shape index (κ3) is 1.36. The maximum absolute atomic E-state index is 2.61. The molecule has 2 bridgehead atoms. The van der Waals surface area contributed by atoms with E-state index in [0.29, 0.717) is 0 Å². The summed E-state index contributed by atoms with van der Waals surface area (Å²) in [5.74, 6) is 4.31. The smallest absolute Gasteiger partial charge is 0.0921 e. The van der Waals surface area contributed by atoms with E-state index in [1.165, 1.54) is 12.8 Å². The molecule has 0 aromatic heterocycles. The number of hydrogen-bond acceptors (Lipinski definition) is 0. The second-order valence-electron chi connectivity index (χ2n) is 4.55. The van der Waals surface area contributed by atoms with Gasteiger partial charge in [0.15, 0.2) is 0 Å². The first-order chi connectivity index (χ1) is 5.18. The Morgan fingerprint density at radius 3 is 2.36 bits per heavy atom. The minimum Gasteiger partial charge on any atom is -0.0921 e. The molecule has 0 saturated heterocycles. The Hall–Kier alpha value is 0.795. The summed E-state index contributed by atoms with van der Waals surface area (Å²) in [6.07, 6.45) is 4.62. The van der Waals surface area contributed by atoms with Crippen molar-refractivity contribution in [2.75, 3.05) is 0 Å². The molecule has 0 aliphatic heterocycles.